The first kappa shape index (κ1) is 15.9. The molecule has 4 rings (SSSR count). The first-order valence-corrected chi connectivity index (χ1v) is 9.51. The maximum atomic E-state index is 12.3. The lowest BCUT2D eigenvalue weighted by Gasteiger charge is -2.39. The molecule has 2 atom stereocenters. The first-order chi connectivity index (χ1) is 11.7. The Morgan fingerprint density at radius 2 is 2.21 bits per heavy atom. The summed E-state index contributed by atoms with van der Waals surface area (Å²) in [7, 11) is 0. The van der Waals surface area contributed by atoms with Crippen LogP contribution in [0, 0.1) is 11.8 Å². The van der Waals surface area contributed by atoms with Crippen molar-refractivity contribution in [1.29, 1.82) is 0 Å². The molecule has 3 aliphatic rings. The van der Waals surface area contributed by atoms with Crippen molar-refractivity contribution in [3.8, 4) is 5.75 Å². The summed E-state index contributed by atoms with van der Waals surface area (Å²) in [6.07, 6.45) is 5.45. The van der Waals surface area contributed by atoms with E-state index in [4.69, 9.17) is 4.74 Å². The van der Waals surface area contributed by atoms with Crippen LogP contribution < -0.4 is 10.1 Å². The fourth-order valence-corrected chi connectivity index (χ4v) is 4.10. The van der Waals surface area contributed by atoms with Crippen molar-refractivity contribution in [2.24, 2.45) is 11.8 Å². The Bertz CT molecular complexity index is 612. The summed E-state index contributed by atoms with van der Waals surface area (Å²) in [5.74, 6) is 2.38. The third-order valence-corrected chi connectivity index (χ3v) is 5.82. The minimum atomic E-state index is 0.348. The smallest absolute Gasteiger partial charge is 0.225 e. The SMILES string of the molecule is CC[C@@H]1CN(C(=O)C2CC2)CC[C@H]1NCc1ccc2c(c1)CCO2. The molecule has 1 aliphatic carbocycles. The average Bonchev–Trinajstić information content (AvgIpc) is 3.36. The number of ether oxygens (including phenoxy) is 1. The molecule has 1 N–H and O–H groups in total. The Kier molecular flexibility index (Phi) is 4.49. The Balaban J connectivity index is 1.33. The van der Waals surface area contributed by atoms with Crippen LogP contribution in [-0.4, -0.2) is 36.5 Å². The maximum absolute atomic E-state index is 12.3. The van der Waals surface area contributed by atoms with Crippen molar-refractivity contribution < 1.29 is 9.53 Å². The molecule has 0 aromatic heterocycles. The van der Waals surface area contributed by atoms with Crippen molar-refractivity contribution in [3.05, 3.63) is 29.3 Å². The van der Waals surface area contributed by atoms with E-state index < -0.39 is 0 Å². The van der Waals surface area contributed by atoms with E-state index in [1.807, 2.05) is 0 Å². The molecule has 2 heterocycles. The monoisotopic (exact) mass is 328 g/mol. The van der Waals surface area contributed by atoms with Gasteiger partial charge in [0.1, 0.15) is 5.75 Å². The second kappa shape index (κ2) is 6.75. The van der Waals surface area contributed by atoms with Crippen LogP contribution in [0.25, 0.3) is 0 Å². The summed E-state index contributed by atoms with van der Waals surface area (Å²) in [5.41, 5.74) is 2.68. The Labute approximate surface area is 144 Å². The summed E-state index contributed by atoms with van der Waals surface area (Å²) in [5, 5.41) is 3.76. The molecule has 0 radical (unpaired) electrons. The number of carbonyl (C=O) groups excluding carboxylic acids is 1. The second-order valence-corrected chi connectivity index (χ2v) is 7.54. The molecule has 24 heavy (non-hydrogen) atoms. The number of hydrogen-bond acceptors (Lipinski definition) is 3. The van der Waals surface area contributed by atoms with Gasteiger partial charge in [0.15, 0.2) is 0 Å². The van der Waals surface area contributed by atoms with Gasteiger partial charge < -0.3 is 15.0 Å². The quantitative estimate of drug-likeness (QED) is 0.904. The van der Waals surface area contributed by atoms with E-state index in [2.05, 4.69) is 35.3 Å². The summed E-state index contributed by atoms with van der Waals surface area (Å²) in [4.78, 5) is 14.4. The molecule has 2 aliphatic heterocycles. The van der Waals surface area contributed by atoms with E-state index >= 15 is 0 Å². The zero-order valence-electron chi connectivity index (χ0n) is 14.6. The molecule has 0 spiro atoms. The summed E-state index contributed by atoms with van der Waals surface area (Å²) >= 11 is 0. The molecule has 0 bridgehead atoms. The molecule has 1 aromatic carbocycles. The highest BCUT2D eigenvalue weighted by Crippen LogP contribution is 2.33. The molecule has 0 unspecified atom stereocenters. The summed E-state index contributed by atoms with van der Waals surface area (Å²) in [6.45, 7) is 5.82. The first-order valence-electron chi connectivity index (χ1n) is 9.51. The zero-order chi connectivity index (χ0) is 16.5. The van der Waals surface area contributed by atoms with Gasteiger partial charge in [0, 0.05) is 38.0 Å². The Morgan fingerprint density at radius 3 is 3.00 bits per heavy atom. The normalized spacial score (nSPS) is 26.1. The van der Waals surface area contributed by atoms with Gasteiger partial charge in [0.2, 0.25) is 5.91 Å². The molecule has 1 saturated carbocycles. The number of carbonyl (C=O) groups is 1. The second-order valence-electron chi connectivity index (χ2n) is 7.54. The van der Waals surface area contributed by atoms with Crippen molar-refractivity contribution in [2.75, 3.05) is 19.7 Å². The van der Waals surface area contributed by atoms with E-state index in [-0.39, 0.29) is 0 Å². The predicted molar refractivity (Wildman–Crippen MR) is 94.0 cm³/mol. The van der Waals surface area contributed by atoms with Gasteiger partial charge in [-0.25, -0.2) is 0 Å². The van der Waals surface area contributed by atoms with Crippen LogP contribution in [0.1, 0.15) is 43.7 Å². The number of amides is 1. The van der Waals surface area contributed by atoms with Gasteiger partial charge in [0.25, 0.3) is 0 Å². The lowest BCUT2D eigenvalue weighted by molar-refractivity contribution is -0.134. The molecule has 130 valence electrons. The van der Waals surface area contributed by atoms with Crippen molar-refractivity contribution in [1.82, 2.24) is 10.2 Å². The number of nitrogens with zero attached hydrogens (tertiary/aromatic N) is 1. The fraction of sp³-hybridized carbons (Fsp3) is 0.650. The van der Waals surface area contributed by atoms with E-state index in [0.29, 0.717) is 23.8 Å². The van der Waals surface area contributed by atoms with Gasteiger partial charge in [0.05, 0.1) is 6.61 Å². The molecule has 1 amide bonds. The standard InChI is InChI=1S/C20H28N2O2/c1-2-15-13-22(20(23)16-4-5-16)9-7-18(15)21-12-14-3-6-19-17(11-14)8-10-24-19/h3,6,11,15-16,18,21H,2,4-5,7-10,12-13H2,1H3/t15-,18-/m1/s1. The number of likely N-dealkylation sites (tertiary alicyclic amines) is 1. The van der Waals surface area contributed by atoms with Crippen LogP contribution in [-0.2, 0) is 17.8 Å². The van der Waals surface area contributed by atoms with Gasteiger partial charge in [-0.15, -0.1) is 0 Å². The van der Waals surface area contributed by atoms with Crippen LogP contribution in [0.2, 0.25) is 0 Å². The van der Waals surface area contributed by atoms with Gasteiger partial charge in [-0.05, 0) is 42.4 Å². The minimum Gasteiger partial charge on any atom is -0.493 e. The highest BCUT2D eigenvalue weighted by Gasteiger charge is 2.37. The molecular formula is C20H28N2O2. The summed E-state index contributed by atoms with van der Waals surface area (Å²) in [6, 6.07) is 7.07. The molecule has 4 heteroatoms. The molecule has 2 fully saturated rings. The van der Waals surface area contributed by atoms with Crippen molar-refractivity contribution in [2.45, 2.75) is 51.6 Å². The van der Waals surface area contributed by atoms with Gasteiger partial charge in [-0.3, -0.25) is 4.79 Å². The fourth-order valence-electron chi connectivity index (χ4n) is 4.10. The Hall–Kier alpha value is -1.55. The van der Waals surface area contributed by atoms with Crippen LogP contribution in [0.4, 0.5) is 0 Å². The van der Waals surface area contributed by atoms with E-state index in [9.17, 15) is 4.79 Å². The summed E-state index contributed by atoms with van der Waals surface area (Å²) < 4.78 is 5.58. The van der Waals surface area contributed by atoms with E-state index in [0.717, 1.165) is 64.1 Å². The lowest BCUT2D eigenvalue weighted by Crippen LogP contribution is -2.51. The molecule has 4 nitrogen and oxygen atoms in total. The highest BCUT2D eigenvalue weighted by atomic mass is 16.5. The van der Waals surface area contributed by atoms with Crippen LogP contribution in [0.5, 0.6) is 5.75 Å². The van der Waals surface area contributed by atoms with Gasteiger partial charge in [-0.1, -0.05) is 25.5 Å². The van der Waals surface area contributed by atoms with E-state index in [1.165, 1.54) is 11.1 Å². The zero-order valence-corrected chi connectivity index (χ0v) is 14.6. The Morgan fingerprint density at radius 1 is 1.33 bits per heavy atom. The number of benzene rings is 1. The third kappa shape index (κ3) is 3.30. The number of piperidine rings is 1. The van der Waals surface area contributed by atoms with Crippen LogP contribution in [0.15, 0.2) is 18.2 Å². The number of hydrogen-bond donors (Lipinski definition) is 1. The minimum absolute atomic E-state index is 0.348. The van der Waals surface area contributed by atoms with Crippen LogP contribution >= 0.6 is 0 Å². The third-order valence-electron chi connectivity index (χ3n) is 5.82. The maximum Gasteiger partial charge on any atom is 0.225 e. The number of rotatable bonds is 5. The van der Waals surface area contributed by atoms with Crippen molar-refractivity contribution in [3.63, 3.8) is 0 Å². The molecule has 1 saturated heterocycles. The molecular weight excluding hydrogens is 300 g/mol. The largest absolute Gasteiger partial charge is 0.493 e. The van der Waals surface area contributed by atoms with Crippen LogP contribution in [0.3, 0.4) is 0 Å². The number of nitrogens with one attached hydrogen (secondary N) is 1. The average molecular weight is 328 g/mol. The topological polar surface area (TPSA) is 41.6 Å². The number of fused-ring (bicyclic) bond motifs is 1. The predicted octanol–water partition coefficient (Wildman–Crippen LogP) is 2.75. The lowest BCUT2D eigenvalue weighted by atomic mass is 9.89. The van der Waals surface area contributed by atoms with Crippen molar-refractivity contribution >= 4 is 5.91 Å². The van der Waals surface area contributed by atoms with E-state index in [1.54, 1.807) is 0 Å². The molecule has 1 aromatic rings. The van der Waals surface area contributed by atoms with Gasteiger partial charge >= 0.3 is 0 Å². The van der Waals surface area contributed by atoms with Gasteiger partial charge in [-0.2, -0.15) is 0 Å². The highest BCUT2D eigenvalue weighted by molar-refractivity contribution is 5.81.